The number of thiazole rings is 1. The molecular weight excluding hydrogens is 306 g/mol. The fraction of sp³-hybridized carbons (Fsp3) is 0.444. The number of nitrogens with two attached hydrogens (primary N) is 1. The molecule has 0 aliphatic heterocycles. The Morgan fingerprint density at radius 2 is 2.04 bits per heavy atom. The summed E-state index contributed by atoms with van der Waals surface area (Å²) in [5.41, 5.74) is 9.04. The van der Waals surface area contributed by atoms with E-state index in [1.807, 2.05) is 6.92 Å². The maximum Gasteiger partial charge on any atom is 0.229 e. The molecule has 122 valence electrons. The van der Waals surface area contributed by atoms with Crippen LogP contribution < -0.4 is 11.1 Å². The standard InChI is InChI=1S/C18H23N3OS/c1-11-6-8-13(9-7-11)16-12(2)23-18(20-16)21-17(22)15-5-3-4-14(15)10-19/h6-9,14-15H,3-5,10,19H2,1-2H3,(H,20,21,22)/t14-,15-/m1/s1. The molecule has 23 heavy (non-hydrogen) atoms. The number of benzene rings is 1. The molecule has 0 spiro atoms. The summed E-state index contributed by atoms with van der Waals surface area (Å²) in [4.78, 5) is 18.2. The first-order valence-corrected chi connectivity index (χ1v) is 8.95. The molecule has 1 aliphatic carbocycles. The van der Waals surface area contributed by atoms with E-state index in [2.05, 4.69) is 41.5 Å². The Balaban J connectivity index is 1.76. The number of nitrogens with zero attached hydrogens (tertiary/aromatic N) is 1. The van der Waals surface area contributed by atoms with Gasteiger partial charge in [0.25, 0.3) is 0 Å². The lowest BCUT2D eigenvalue weighted by atomic mass is 9.95. The van der Waals surface area contributed by atoms with E-state index in [9.17, 15) is 4.79 Å². The number of carbonyl (C=O) groups is 1. The molecule has 1 aromatic carbocycles. The summed E-state index contributed by atoms with van der Waals surface area (Å²) in [7, 11) is 0. The summed E-state index contributed by atoms with van der Waals surface area (Å²) in [5.74, 6) is 0.418. The van der Waals surface area contributed by atoms with Gasteiger partial charge in [-0.1, -0.05) is 36.2 Å². The van der Waals surface area contributed by atoms with E-state index >= 15 is 0 Å². The number of amides is 1. The molecular formula is C18H23N3OS. The van der Waals surface area contributed by atoms with Gasteiger partial charge >= 0.3 is 0 Å². The molecule has 1 aromatic heterocycles. The molecule has 3 N–H and O–H groups in total. The lowest BCUT2D eigenvalue weighted by molar-refractivity contribution is -0.120. The molecule has 1 amide bonds. The van der Waals surface area contributed by atoms with Crippen molar-refractivity contribution in [1.29, 1.82) is 0 Å². The van der Waals surface area contributed by atoms with Gasteiger partial charge in [0, 0.05) is 16.4 Å². The van der Waals surface area contributed by atoms with Crippen molar-refractivity contribution in [2.75, 3.05) is 11.9 Å². The minimum atomic E-state index is 0.0343. The molecule has 3 rings (SSSR count). The number of hydrogen-bond acceptors (Lipinski definition) is 4. The first-order chi connectivity index (χ1) is 11.1. The molecule has 0 bridgehead atoms. The van der Waals surface area contributed by atoms with Crippen LogP contribution in [0.5, 0.6) is 0 Å². The van der Waals surface area contributed by atoms with Crippen LogP contribution in [0.25, 0.3) is 11.3 Å². The highest BCUT2D eigenvalue weighted by atomic mass is 32.1. The van der Waals surface area contributed by atoms with Gasteiger partial charge in [-0.25, -0.2) is 4.98 Å². The molecule has 1 fully saturated rings. The van der Waals surface area contributed by atoms with E-state index in [0.717, 1.165) is 35.4 Å². The van der Waals surface area contributed by atoms with Crippen molar-refractivity contribution in [3.63, 3.8) is 0 Å². The van der Waals surface area contributed by atoms with E-state index < -0.39 is 0 Å². The summed E-state index contributed by atoms with van der Waals surface area (Å²) in [5, 5.41) is 3.69. The van der Waals surface area contributed by atoms with Gasteiger partial charge in [0.05, 0.1) is 5.69 Å². The Bertz CT molecular complexity index is 693. The largest absolute Gasteiger partial charge is 0.330 e. The predicted octanol–water partition coefficient (Wildman–Crippen LogP) is 3.74. The average Bonchev–Trinajstić information content (AvgIpc) is 3.14. The molecule has 2 atom stereocenters. The minimum Gasteiger partial charge on any atom is -0.330 e. The van der Waals surface area contributed by atoms with Crippen LogP contribution in [0.4, 0.5) is 5.13 Å². The summed E-state index contributed by atoms with van der Waals surface area (Å²) < 4.78 is 0. The quantitative estimate of drug-likeness (QED) is 0.898. The Morgan fingerprint density at radius 1 is 1.30 bits per heavy atom. The van der Waals surface area contributed by atoms with Crippen molar-refractivity contribution >= 4 is 22.4 Å². The van der Waals surface area contributed by atoms with E-state index in [4.69, 9.17) is 5.73 Å². The van der Waals surface area contributed by atoms with Crippen molar-refractivity contribution in [1.82, 2.24) is 4.98 Å². The average molecular weight is 329 g/mol. The zero-order valence-corrected chi connectivity index (χ0v) is 14.5. The highest BCUT2D eigenvalue weighted by molar-refractivity contribution is 7.16. The first-order valence-electron chi connectivity index (χ1n) is 8.14. The van der Waals surface area contributed by atoms with Crippen LogP contribution in [-0.2, 0) is 4.79 Å². The van der Waals surface area contributed by atoms with Crippen molar-refractivity contribution in [2.24, 2.45) is 17.6 Å². The van der Waals surface area contributed by atoms with Crippen LogP contribution in [0.2, 0.25) is 0 Å². The monoisotopic (exact) mass is 329 g/mol. The summed E-state index contributed by atoms with van der Waals surface area (Å²) >= 11 is 1.54. The molecule has 2 aromatic rings. The summed E-state index contributed by atoms with van der Waals surface area (Å²) in [6, 6.07) is 8.31. The highest BCUT2D eigenvalue weighted by Crippen LogP contribution is 2.34. The minimum absolute atomic E-state index is 0.0343. The fourth-order valence-electron chi connectivity index (χ4n) is 3.29. The lowest BCUT2D eigenvalue weighted by Crippen LogP contribution is -2.29. The second kappa shape index (κ2) is 6.81. The van der Waals surface area contributed by atoms with E-state index in [1.54, 1.807) is 0 Å². The van der Waals surface area contributed by atoms with E-state index in [0.29, 0.717) is 17.6 Å². The van der Waals surface area contributed by atoms with Crippen molar-refractivity contribution < 1.29 is 4.79 Å². The highest BCUT2D eigenvalue weighted by Gasteiger charge is 2.32. The Kier molecular flexibility index (Phi) is 4.78. The van der Waals surface area contributed by atoms with Crippen LogP contribution in [0.15, 0.2) is 24.3 Å². The lowest BCUT2D eigenvalue weighted by Gasteiger charge is -2.16. The number of carbonyl (C=O) groups excluding carboxylic acids is 1. The van der Waals surface area contributed by atoms with E-state index in [1.165, 1.54) is 16.9 Å². The third kappa shape index (κ3) is 3.46. The second-order valence-corrected chi connectivity index (χ2v) is 7.52. The SMILES string of the molecule is Cc1ccc(-c2nc(NC(=O)[C@@H]3CCC[C@@H]3CN)sc2C)cc1. The molecule has 1 heterocycles. The third-order valence-corrected chi connectivity index (χ3v) is 5.54. The fourth-order valence-corrected chi connectivity index (χ4v) is 4.13. The Labute approximate surface area is 141 Å². The molecule has 1 aliphatic rings. The van der Waals surface area contributed by atoms with Gasteiger partial charge < -0.3 is 11.1 Å². The number of nitrogens with one attached hydrogen (secondary N) is 1. The van der Waals surface area contributed by atoms with Crippen LogP contribution in [0.3, 0.4) is 0 Å². The van der Waals surface area contributed by atoms with Crippen LogP contribution in [0, 0.1) is 25.7 Å². The second-order valence-electron chi connectivity index (χ2n) is 6.31. The normalized spacial score (nSPS) is 20.7. The van der Waals surface area contributed by atoms with Crippen molar-refractivity contribution in [2.45, 2.75) is 33.1 Å². The van der Waals surface area contributed by atoms with Gasteiger partial charge in [-0.3, -0.25) is 4.79 Å². The summed E-state index contributed by atoms with van der Waals surface area (Å²) in [6.07, 6.45) is 3.08. The third-order valence-electron chi connectivity index (χ3n) is 4.65. The Hall–Kier alpha value is -1.72. The predicted molar refractivity (Wildman–Crippen MR) is 95.5 cm³/mol. The van der Waals surface area contributed by atoms with Gasteiger partial charge in [-0.15, -0.1) is 11.3 Å². The Morgan fingerprint density at radius 3 is 2.74 bits per heavy atom. The van der Waals surface area contributed by atoms with Crippen LogP contribution in [-0.4, -0.2) is 17.4 Å². The molecule has 0 radical (unpaired) electrons. The van der Waals surface area contributed by atoms with Crippen LogP contribution >= 0.6 is 11.3 Å². The zero-order valence-electron chi connectivity index (χ0n) is 13.6. The smallest absolute Gasteiger partial charge is 0.229 e. The molecule has 0 saturated heterocycles. The number of anilines is 1. The van der Waals surface area contributed by atoms with Gasteiger partial charge in [0.15, 0.2) is 5.13 Å². The molecule has 5 heteroatoms. The van der Waals surface area contributed by atoms with Crippen molar-refractivity contribution in [3.8, 4) is 11.3 Å². The molecule has 0 unspecified atom stereocenters. The van der Waals surface area contributed by atoms with Gasteiger partial charge in [-0.05, 0) is 39.2 Å². The van der Waals surface area contributed by atoms with Gasteiger partial charge in [0.2, 0.25) is 5.91 Å². The van der Waals surface area contributed by atoms with Crippen LogP contribution in [0.1, 0.15) is 29.7 Å². The maximum absolute atomic E-state index is 12.5. The maximum atomic E-state index is 12.5. The van der Waals surface area contributed by atoms with E-state index in [-0.39, 0.29) is 11.8 Å². The zero-order chi connectivity index (χ0) is 16.4. The molecule has 1 saturated carbocycles. The topological polar surface area (TPSA) is 68.0 Å². The number of hydrogen-bond donors (Lipinski definition) is 2. The summed E-state index contributed by atoms with van der Waals surface area (Å²) in [6.45, 7) is 4.70. The van der Waals surface area contributed by atoms with Crippen molar-refractivity contribution in [3.05, 3.63) is 34.7 Å². The number of rotatable bonds is 4. The number of aryl methyl sites for hydroxylation is 2. The first kappa shape index (κ1) is 16.1. The molecule has 4 nitrogen and oxygen atoms in total. The van der Waals surface area contributed by atoms with Gasteiger partial charge in [-0.2, -0.15) is 0 Å². The van der Waals surface area contributed by atoms with Gasteiger partial charge in [0.1, 0.15) is 0 Å². The number of aromatic nitrogens is 1.